The van der Waals surface area contributed by atoms with Crippen LogP contribution in [-0.2, 0) is 17.8 Å². The second-order valence-electron chi connectivity index (χ2n) is 8.94. The molecule has 2 aromatic carbocycles. The van der Waals surface area contributed by atoms with Crippen LogP contribution in [0.2, 0.25) is 0 Å². The molecule has 3 heterocycles. The zero-order chi connectivity index (χ0) is 23.5. The summed E-state index contributed by atoms with van der Waals surface area (Å²) in [6.45, 7) is 3.43. The monoisotopic (exact) mass is 452 g/mol. The van der Waals surface area contributed by atoms with Gasteiger partial charge in [-0.3, -0.25) is 19.7 Å². The van der Waals surface area contributed by atoms with Crippen LogP contribution in [0.4, 0.5) is 0 Å². The normalized spacial score (nSPS) is 16.6. The molecule has 0 amide bonds. The molecule has 4 aromatic rings. The first-order chi connectivity index (χ1) is 16.6. The Kier molecular flexibility index (Phi) is 6.32. The van der Waals surface area contributed by atoms with Crippen LogP contribution < -0.4 is 0 Å². The van der Waals surface area contributed by atoms with Gasteiger partial charge in [-0.1, -0.05) is 55.0 Å². The van der Waals surface area contributed by atoms with Gasteiger partial charge in [-0.2, -0.15) is 0 Å². The Morgan fingerprint density at radius 3 is 2.74 bits per heavy atom. The minimum Gasteiger partial charge on any atom is -0.480 e. The van der Waals surface area contributed by atoms with E-state index in [2.05, 4.69) is 54.4 Å². The van der Waals surface area contributed by atoms with Gasteiger partial charge in [0.05, 0.1) is 23.1 Å². The molecule has 0 saturated carbocycles. The highest BCUT2D eigenvalue weighted by molar-refractivity contribution is 5.77. The van der Waals surface area contributed by atoms with E-state index in [0.29, 0.717) is 19.4 Å². The first-order valence-electron chi connectivity index (χ1n) is 11.8. The average Bonchev–Trinajstić information content (AvgIpc) is 2.86. The summed E-state index contributed by atoms with van der Waals surface area (Å²) in [6, 6.07) is 18.2. The molecule has 0 bridgehead atoms. The van der Waals surface area contributed by atoms with Crippen molar-refractivity contribution in [2.45, 2.75) is 45.2 Å². The number of carboxylic acid groups (broad SMARTS) is 1. The lowest BCUT2D eigenvalue weighted by molar-refractivity contribution is -0.144. The molecular formula is C28H28N4O2. The van der Waals surface area contributed by atoms with Gasteiger partial charge in [0, 0.05) is 19.2 Å². The fraction of sp³-hybridized carbons (Fsp3) is 0.286. The minimum absolute atomic E-state index is 0.445. The Balaban J connectivity index is 1.42. The number of likely N-dealkylation sites (tertiary alicyclic amines) is 1. The third kappa shape index (κ3) is 4.54. The van der Waals surface area contributed by atoms with Crippen LogP contribution in [0.25, 0.3) is 22.2 Å². The highest BCUT2D eigenvalue weighted by Crippen LogP contribution is 2.28. The summed E-state index contributed by atoms with van der Waals surface area (Å²) >= 11 is 0. The summed E-state index contributed by atoms with van der Waals surface area (Å²) in [7, 11) is 0. The van der Waals surface area contributed by atoms with Crippen molar-refractivity contribution in [3.63, 3.8) is 0 Å². The number of hydrogen-bond donors (Lipinski definition) is 1. The zero-order valence-electron chi connectivity index (χ0n) is 19.3. The van der Waals surface area contributed by atoms with E-state index in [1.54, 1.807) is 12.4 Å². The predicted octanol–water partition coefficient (Wildman–Crippen LogP) is 5.03. The third-order valence-corrected chi connectivity index (χ3v) is 6.74. The highest BCUT2D eigenvalue weighted by Gasteiger charge is 2.28. The van der Waals surface area contributed by atoms with Gasteiger partial charge in [0.15, 0.2) is 0 Å². The van der Waals surface area contributed by atoms with E-state index in [1.807, 2.05) is 17.0 Å². The molecular weight excluding hydrogens is 424 g/mol. The molecule has 0 spiro atoms. The van der Waals surface area contributed by atoms with E-state index in [4.69, 9.17) is 9.97 Å². The number of fused-ring (bicyclic) bond motifs is 1. The molecule has 1 saturated heterocycles. The van der Waals surface area contributed by atoms with Crippen molar-refractivity contribution in [3.05, 3.63) is 89.5 Å². The number of piperidine rings is 1. The van der Waals surface area contributed by atoms with Gasteiger partial charge in [-0.15, -0.1) is 0 Å². The van der Waals surface area contributed by atoms with Crippen molar-refractivity contribution < 1.29 is 9.90 Å². The zero-order valence-corrected chi connectivity index (χ0v) is 19.3. The average molecular weight is 453 g/mol. The van der Waals surface area contributed by atoms with Gasteiger partial charge in [0.25, 0.3) is 0 Å². The summed E-state index contributed by atoms with van der Waals surface area (Å²) in [5, 5.41) is 9.56. The Hall–Kier alpha value is -3.64. The number of carboxylic acids is 1. The van der Waals surface area contributed by atoms with E-state index >= 15 is 0 Å². The Morgan fingerprint density at radius 1 is 1.06 bits per heavy atom. The van der Waals surface area contributed by atoms with Crippen LogP contribution in [-0.4, -0.2) is 43.5 Å². The number of hydrogen-bond acceptors (Lipinski definition) is 5. The van der Waals surface area contributed by atoms with Gasteiger partial charge in [0.1, 0.15) is 11.6 Å². The van der Waals surface area contributed by atoms with Crippen LogP contribution >= 0.6 is 0 Å². The molecule has 0 aliphatic carbocycles. The standard InChI is InChI=1S/C28H28N4O2/c1-19-21(10-7-11-23(19)20-8-3-2-4-9-20)16-25-27-24(13-14-29-25)31-22(17-30-27)18-32-15-6-5-12-26(32)28(33)34/h2-4,7-11,13-14,17,26H,5-6,12,15-16,18H2,1H3,(H,33,34)/t26-/m0/s1. The lowest BCUT2D eigenvalue weighted by atomic mass is 9.94. The smallest absolute Gasteiger partial charge is 0.320 e. The third-order valence-electron chi connectivity index (χ3n) is 6.74. The van der Waals surface area contributed by atoms with Gasteiger partial charge in [-0.25, -0.2) is 4.98 Å². The SMILES string of the molecule is Cc1c(Cc2nccc3nc(CN4CCCC[C@H]4C(=O)O)cnc23)cccc1-c1ccccc1. The molecule has 172 valence electrons. The van der Waals surface area contributed by atoms with Gasteiger partial charge >= 0.3 is 5.97 Å². The van der Waals surface area contributed by atoms with Crippen molar-refractivity contribution in [1.29, 1.82) is 0 Å². The first kappa shape index (κ1) is 22.2. The number of carbonyl (C=O) groups is 1. The molecule has 6 nitrogen and oxygen atoms in total. The van der Waals surface area contributed by atoms with Crippen LogP contribution in [0.3, 0.4) is 0 Å². The summed E-state index contributed by atoms with van der Waals surface area (Å²) in [5.41, 5.74) is 8.15. The number of aromatic nitrogens is 3. The quantitative estimate of drug-likeness (QED) is 0.442. The van der Waals surface area contributed by atoms with Crippen LogP contribution in [0.5, 0.6) is 0 Å². The maximum Gasteiger partial charge on any atom is 0.320 e. The van der Waals surface area contributed by atoms with Crippen molar-refractivity contribution in [2.24, 2.45) is 0 Å². The molecule has 5 rings (SSSR count). The maximum absolute atomic E-state index is 11.6. The van der Waals surface area contributed by atoms with E-state index in [9.17, 15) is 9.90 Å². The molecule has 1 aliphatic rings. The minimum atomic E-state index is -0.756. The Labute approximate surface area is 199 Å². The number of aliphatic carboxylic acids is 1. The maximum atomic E-state index is 11.6. The first-order valence-corrected chi connectivity index (χ1v) is 11.8. The highest BCUT2D eigenvalue weighted by atomic mass is 16.4. The molecule has 2 aromatic heterocycles. The van der Waals surface area contributed by atoms with Crippen LogP contribution in [0.1, 0.15) is 41.8 Å². The Bertz CT molecular complexity index is 1320. The van der Waals surface area contributed by atoms with Gasteiger partial charge in [-0.05, 0) is 54.6 Å². The Morgan fingerprint density at radius 2 is 1.91 bits per heavy atom. The van der Waals surface area contributed by atoms with E-state index < -0.39 is 12.0 Å². The number of nitrogens with zero attached hydrogens (tertiary/aromatic N) is 4. The van der Waals surface area contributed by atoms with Crippen molar-refractivity contribution in [2.75, 3.05) is 6.54 Å². The van der Waals surface area contributed by atoms with Gasteiger partial charge in [0.2, 0.25) is 0 Å². The molecule has 6 heteroatoms. The van der Waals surface area contributed by atoms with Crippen molar-refractivity contribution in [3.8, 4) is 11.1 Å². The predicted molar refractivity (Wildman–Crippen MR) is 132 cm³/mol. The number of benzene rings is 2. The van der Waals surface area contributed by atoms with Gasteiger partial charge < -0.3 is 5.11 Å². The fourth-order valence-electron chi connectivity index (χ4n) is 4.90. The van der Waals surface area contributed by atoms with E-state index in [-0.39, 0.29) is 0 Å². The molecule has 0 unspecified atom stereocenters. The molecule has 34 heavy (non-hydrogen) atoms. The largest absolute Gasteiger partial charge is 0.480 e. The summed E-state index contributed by atoms with van der Waals surface area (Å²) < 4.78 is 0. The second-order valence-corrected chi connectivity index (χ2v) is 8.94. The van der Waals surface area contributed by atoms with Crippen LogP contribution in [0.15, 0.2) is 67.0 Å². The lowest BCUT2D eigenvalue weighted by Gasteiger charge is -2.32. The lowest BCUT2D eigenvalue weighted by Crippen LogP contribution is -2.44. The second kappa shape index (κ2) is 9.69. The van der Waals surface area contributed by atoms with Crippen molar-refractivity contribution in [1.82, 2.24) is 19.9 Å². The topological polar surface area (TPSA) is 79.2 Å². The van der Waals surface area contributed by atoms with Crippen molar-refractivity contribution >= 4 is 17.0 Å². The molecule has 1 atom stereocenters. The fourth-order valence-corrected chi connectivity index (χ4v) is 4.90. The van der Waals surface area contributed by atoms with Crippen LogP contribution in [0, 0.1) is 6.92 Å². The van der Waals surface area contributed by atoms with E-state index in [1.165, 1.54) is 22.3 Å². The molecule has 1 fully saturated rings. The number of pyridine rings is 1. The molecule has 0 radical (unpaired) electrons. The summed E-state index contributed by atoms with van der Waals surface area (Å²) in [5.74, 6) is -0.756. The summed E-state index contributed by atoms with van der Waals surface area (Å²) in [6.07, 6.45) is 6.88. The molecule has 1 N–H and O–H groups in total. The van der Waals surface area contributed by atoms with E-state index in [0.717, 1.165) is 41.8 Å². The number of rotatable bonds is 6. The molecule has 1 aliphatic heterocycles. The summed E-state index contributed by atoms with van der Waals surface area (Å²) in [4.78, 5) is 27.8.